The zero-order chi connectivity index (χ0) is 11.9. The van der Waals surface area contributed by atoms with Gasteiger partial charge in [-0.15, -0.1) is 0 Å². The minimum Gasteiger partial charge on any atom is -0.394 e. The highest BCUT2D eigenvalue weighted by molar-refractivity contribution is 4.98. The van der Waals surface area contributed by atoms with Crippen LogP contribution in [0.2, 0.25) is 0 Å². The molecule has 3 fully saturated rings. The Hall–Kier alpha value is -0.120. The highest BCUT2D eigenvalue weighted by Gasteiger charge is 2.40. The fourth-order valence-electron chi connectivity index (χ4n) is 3.22. The molecule has 0 radical (unpaired) electrons. The highest BCUT2D eigenvalue weighted by atomic mass is 16.3. The number of aliphatic hydroxyl groups is 1. The third-order valence-electron chi connectivity index (χ3n) is 4.83. The first-order valence-corrected chi connectivity index (χ1v) is 7.32. The normalized spacial score (nSPS) is 37.9. The molecule has 3 aliphatic rings. The van der Waals surface area contributed by atoms with Crippen molar-refractivity contribution in [1.29, 1.82) is 0 Å². The predicted octanol–water partition coefficient (Wildman–Crippen LogP) is 1.35. The molecule has 98 valence electrons. The number of nitrogens with two attached hydrogens (primary N) is 1. The van der Waals surface area contributed by atoms with Crippen LogP contribution < -0.4 is 5.73 Å². The fourth-order valence-corrected chi connectivity index (χ4v) is 3.22. The maximum atomic E-state index is 9.37. The van der Waals surface area contributed by atoms with Gasteiger partial charge in [-0.05, 0) is 56.8 Å². The zero-order valence-corrected chi connectivity index (χ0v) is 10.8. The van der Waals surface area contributed by atoms with Gasteiger partial charge in [-0.2, -0.15) is 0 Å². The second-order valence-electron chi connectivity index (χ2n) is 6.76. The maximum Gasteiger partial charge on any atom is 0.0611 e. The van der Waals surface area contributed by atoms with Gasteiger partial charge >= 0.3 is 0 Å². The average molecular weight is 238 g/mol. The third kappa shape index (κ3) is 3.01. The zero-order valence-electron chi connectivity index (χ0n) is 10.8. The standard InChI is InChI=1S/C14H26N2O/c15-14(10-17)6-5-13(7-14)16(8-11-1-2-11)9-12-3-4-12/h11-13,17H,1-10,15H2. The first-order valence-electron chi connectivity index (χ1n) is 7.32. The van der Waals surface area contributed by atoms with Gasteiger partial charge in [-0.1, -0.05) is 0 Å². The van der Waals surface area contributed by atoms with Gasteiger partial charge in [-0.3, -0.25) is 4.90 Å². The first kappa shape index (κ1) is 11.9. The lowest BCUT2D eigenvalue weighted by atomic mass is 10.00. The molecule has 0 spiro atoms. The molecular weight excluding hydrogens is 212 g/mol. The Morgan fingerprint density at radius 1 is 1.06 bits per heavy atom. The molecule has 3 saturated carbocycles. The van der Waals surface area contributed by atoms with Crippen molar-refractivity contribution in [3.8, 4) is 0 Å². The number of hydrogen-bond donors (Lipinski definition) is 2. The smallest absolute Gasteiger partial charge is 0.0611 e. The Kier molecular flexibility index (Phi) is 3.18. The van der Waals surface area contributed by atoms with Crippen LogP contribution in [-0.4, -0.2) is 41.3 Å². The second kappa shape index (κ2) is 4.52. The van der Waals surface area contributed by atoms with E-state index in [2.05, 4.69) is 4.90 Å². The number of aliphatic hydroxyl groups excluding tert-OH is 1. The molecule has 3 rings (SSSR count). The summed E-state index contributed by atoms with van der Waals surface area (Å²) in [5.74, 6) is 1.94. The summed E-state index contributed by atoms with van der Waals surface area (Å²) in [7, 11) is 0. The van der Waals surface area contributed by atoms with Crippen LogP contribution in [0.1, 0.15) is 44.9 Å². The maximum absolute atomic E-state index is 9.37. The van der Waals surface area contributed by atoms with Gasteiger partial charge in [0.15, 0.2) is 0 Å². The van der Waals surface area contributed by atoms with E-state index in [0.717, 1.165) is 24.7 Å². The van der Waals surface area contributed by atoms with Crippen LogP contribution >= 0.6 is 0 Å². The van der Waals surface area contributed by atoms with E-state index >= 15 is 0 Å². The Labute approximate surface area is 104 Å². The van der Waals surface area contributed by atoms with Gasteiger partial charge < -0.3 is 10.8 Å². The lowest BCUT2D eigenvalue weighted by Crippen LogP contribution is -2.44. The van der Waals surface area contributed by atoms with Crippen LogP contribution in [0.3, 0.4) is 0 Å². The molecule has 0 aliphatic heterocycles. The minimum absolute atomic E-state index is 0.157. The van der Waals surface area contributed by atoms with Crippen LogP contribution in [0.4, 0.5) is 0 Å². The van der Waals surface area contributed by atoms with E-state index in [1.165, 1.54) is 45.2 Å². The summed E-state index contributed by atoms with van der Waals surface area (Å²) >= 11 is 0. The van der Waals surface area contributed by atoms with E-state index < -0.39 is 0 Å². The third-order valence-corrected chi connectivity index (χ3v) is 4.83. The van der Waals surface area contributed by atoms with E-state index in [0.29, 0.717) is 6.04 Å². The Bertz CT molecular complexity index is 261. The van der Waals surface area contributed by atoms with Gasteiger partial charge in [0.2, 0.25) is 0 Å². The lowest BCUT2D eigenvalue weighted by Gasteiger charge is -2.30. The molecule has 0 amide bonds. The molecule has 0 aromatic heterocycles. The van der Waals surface area contributed by atoms with Gasteiger partial charge in [0.05, 0.1) is 6.61 Å². The average Bonchev–Trinajstić information content (AvgIpc) is 3.22. The molecule has 2 unspecified atom stereocenters. The van der Waals surface area contributed by atoms with E-state index in [9.17, 15) is 5.11 Å². The van der Waals surface area contributed by atoms with Crippen molar-refractivity contribution < 1.29 is 5.11 Å². The number of rotatable bonds is 6. The quantitative estimate of drug-likeness (QED) is 0.734. The summed E-state index contributed by atoms with van der Waals surface area (Å²) in [6.07, 6.45) is 8.92. The van der Waals surface area contributed by atoms with Crippen molar-refractivity contribution in [3.05, 3.63) is 0 Å². The summed E-state index contributed by atoms with van der Waals surface area (Å²) in [6.45, 7) is 2.75. The molecule has 3 heteroatoms. The molecular formula is C14H26N2O. The Morgan fingerprint density at radius 2 is 1.65 bits per heavy atom. The minimum atomic E-state index is -0.282. The Morgan fingerprint density at radius 3 is 2.06 bits per heavy atom. The summed E-state index contributed by atoms with van der Waals surface area (Å²) < 4.78 is 0. The summed E-state index contributed by atoms with van der Waals surface area (Å²) in [6, 6.07) is 0.647. The van der Waals surface area contributed by atoms with Crippen molar-refractivity contribution in [3.63, 3.8) is 0 Å². The van der Waals surface area contributed by atoms with Crippen molar-refractivity contribution in [2.45, 2.75) is 56.5 Å². The molecule has 17 heavy (non-hydrogen) atoms. The second-order valence-corrected chi connectivity index (χ2v) is 6.76. The molecule has 0 aromatic carbocycles. The molecule has 2 atom stereocenters. The summed E-state index contributed by atoms with van der Waals surface area (Å²) in [5, 5.41) is 9.37. The van der Waals surface area contributed by atoms with Gasteiger partial charge in [0.1, 0.15) is 0 Å². The monoisotopic (exact) mass is 238 g/mol. The molecule has 3 aliphatic carbocycles. The molecule has 0 saturated heterocycles. The number of hydrogen-bond acceptors (Lipinski definition) is 3. The van der Waals surface area contributed by atoms with Gasteiger partial charge in [-0.25, -0.2) is 0 Å². The largest absolute Gasteiger partial charge is 0.394 e. The van der Waals surface area contributed by atoms with E-state index in [1.807, 2.05) is 0 Å². The van der Waals surface area contributed by atoms with Crippen molar-refractivity contribution in [1.82, 2.24) is 4.90 Å². The van der Waals surface area contributed by atoms with Gasteiger partial charge in [0, 0.05) is 24.7 Å². The highest BCUT2D eigenvalue weighted by Crippen LogP contribution is 2.38. The van der Waals surface area contributed by atoms with Crippen molar-refractivity contribution >= 4 is 0 Å². The van der Waals surface area contributed by atoms with Crippen molar-refractivity contribution in [2.24, 2.45) is 17.6 Å². The summed E-state index contributed by atoms with van der Waals surface area (Å²) in [4.78, 5) is 2.71. The lowest BCUT2D eigenvalue weighted by molar-refractivity contribution is 0.156. The first-order chi connectivity index (χ1) is 8.18. The van der Waals surface area contributed by atoms with Crippen LogP contribution in [-0.2, 0) is 0 Å². The van der Waals surface area contributed by atoms with Gasteiger partial charge in [0.25, 0.3) is 0 Å². The molecule has 3 nitrogen and oxygen atoms in total. The van der Waals surface area contributed by atoms with Crippen LogP contribution in [0, 0.1) is 11.8 Å². The van der Waals surface area contributed by atoms with E-state index in [-0.39, 0.29) is 12.1 Å². The predicted molar refractivity (Wildman–Crippen MR) is 68.7 cm³/mol. The summed E-state index contributed by atoms with van der Waals surface area (Å²) in [5.41, 5.74) is 5.92. The number of nitrogens with zero attached hydrogens (tertiary/aromatic N) is 1. The topological polar surface area (TPSA) is 49.5 Å². The van der Waals surface area contributed by atoms with Crippen LogP contribution in [0.5, 0.6) is 0 Å². The SMILES string of the molecule is NC1(CO)CCC(N(CC2CC2)CC2CC2)C1. The van der Waals surface area contributed by atoms with E-state index in [1.54, 1.807) is 0 Å². The molecule has 0 aromatic rings. The molecule has 0 heterocycles. The van der Waals surface area contributed by atoms with Crippen molar-refractivity contribution in [2.75, 3.05) is 19.7 Å². The fraction of sp³-hybridized carbons (Fsp3) is 1.00. The van der Waals surface area contributed by atoms with Crippen LogP contribution in [0.25, 0.3) is 0 Å². The van der Waals surface area contributed by atoms with E-state index in [4.69, 9.17) is 5.73 Å². The molecule has 0 bridgehead atoms. The van der Waals surface area contributed by atoms with Crippen LogP contribution in [0.15, 0.2) is 0 Å². The Balaban J connectivity index is 1.57. The molecule has 3 N–H and O–H groups in total.